The van der Waals surface area contributed by atoms with Crippen LogP contribution >= 0.6 is 0 Å². The van der Waals surface area contributed by atoms with Crippen LogP contribution in [0, 0.1) is 35.5 Å². The number of likely N-dealkylation sites (N-methyl/N-ethyl adjacent to an activating group) is 7. The molecule has 0 aromatic rings. The summed E-state index contributed by atoms with van der Waals surface area (Å²) in [7, 11) is 9.74. The van der Waals surface area contributed by atoms with E-state index in [2.05, 4.69) is 27.8 Å². The molecule has 1 fully saturated rings. The van der Waals surface area contributed by atoms with Gasteiger partial charge in [-0.05, 0) is 89.4 Å². The van der Waals surface area contributed by atoms with E-state index < -0.39 is 161 Å². The van der Waals surface area contributed by atoms with Crippen molar-refractivity contribution in [1.82, 2.24) is 55.6 Å². The molecular formula is C65H115N11O13. The van der Waals surface area contributed by atoms with Crippen molar-refractivity contribution in [1.29, 1.82) is 0 Å². The minimum absolute atomic E-state index is 0.0219. The van der Waals surface area contributed by atoms with Crippen LogP contribution in [0.1, 0.15) is 169 Å². The van der Waals surface area contributed by atoms with Crippen LogP contribution in [-0.2, 0) is 62.3 Å². The third-order valence-electron chi connectivity index (χ3n) is 16.7. The second-order valence-electron chi connectivity index (χ2n) is 27.2. The first-order chi connectivity index (χ1) is 41.1. The molecule has 0 aliphatic carbocycles. The number of nitrogens with one attached hydrogen (secondary N) is 4. The van der Waals surface area contributed by atoms with Gasteiger partial charge >= 0.3 is 0 Å². The molecule has 508 valence electrons. The standard InChI is InChI=1S/C65H115N11O13/c1-26-29-30-42(14)54(78)53-58(82)68-45(28-3)60(84)70(19)36-50(77)71(20)49(35-65(17,18)89-31-27-2)57(81)69-51(40(10)11)63(87)72(21)46(32-37(4)5)56(80)66-43(15)55(79)67-44(16)59(83)73(22)47(33-38(6)7)61(85)74(23)48(34-39(8)9)62(86)75(24)52(41(12)13)64(88)76(53)25/h27,37-49,51-53H,2,26,28-36H2,1,3-25H3,(H,66,80)(H,67,79)(H,68,82)(H,69,81)/t42-,43+,44-,45+,46+,47+,48+,49+,51+,52+,53+/m1/s1. The van der Waals surface area contributed by atoms with Crippen molar-refractivity contribution >= 4 is 70.8 Å². The molecular weight excluding hydrogens is 1140 g/mol. The van der Waals surface area contributed by atoms with Crippen LogP contribution in [0.15, 0.2) is 12.7 Å². The molecule has 1 heterocycles. The molecule has 0 aromatic carbocycles. The lowest BCUT2D eigenvalue weighted by Gasteiger charge is -2.40. The molecule has 0 bridgehead atoms. The summed E-state index contributed by atoms with van der Waals surface area (Å²) in [4.78, 5) is 184. The maximum absolute atomic E-state index is 15.2. The number of unbranched alkanes of at least 4 members (excludes halogenated alkanes) is 1. The van der Waals surface area contributed by atoms with Gasteiger partial charge in [-0.15, -0.1) is 6.58 Å². The maximum Gasteiger partial charge on any atom is 0.251 e. The number of carbonyl (C=O) groups is 12. The summed E-state index contributed by atoms with van der Waals surface area (Å²) in [5.74, 6) is -10.9. The van der Waals surface area contributed by atoms with E-state index in [0.717, 1.165) is 21.1 Å². The molecule has 1 aliphatic heterocycles. The average Bonchev–Trinajstić information content (AvgIpc) is 2.35. The quantitative estimate of drug-likeness (QED) is 0.105. The molecule has 0 spiro atoms. The summed E-state index contributed by atoms with van der Waals surface area (Å²) >= 11 is 0. The maximum atomic E-state index is 15.2. The number of hydrogen-bond acceptors (Lipinski definition) is 13. The first-order valence-electron chi connectivity index (χ1n) is 31.9. The number of Topliss-reactive ketones (excluding diaryl/α,β-unsaturated/α-hetero) is 1. The highest BCUT2D eigenvalue weighted by Gasteiger charge is 2.46. The summed E-state index contributed by atoms with van der Waals surface area (Å²) in [6, 6.07) is -13.0. The predicted octanol–water partition coefficient (Wildman–Crippen LogP) is 4.03. The van der Waals surface area contributed by atoms with Gasteiger partial charge < -0.3 is 60.3 Å². The lowest BCUT2D eigenvalue weighted by Crippen LogP contribution is -2.63. The largest absolute Gasteiger partial charge is 0.371 e. The number of ketones is 1. The SMILES string of the molecule is C=CCOC(C)(C)C[C@H]1C(=O)N[C@@H](C(C)C)C(=O)N(C)[C@@H](CC(C)C)C(=O)N[C@@H](C)C(=O)N[C@H](C)C(=O)N(C)[C@@H](CC(C)C)C(=O)N(C)[C@@H](CC(C)C)C(=O)N(C)[C@@H](C(C)C)C(=O)N(C)[C@@H](C(=O)[C@H](C)CCCC)C(=O)N[C@@H](CC)C(=O)N(C)CC(=O)N1C. The second-order valence-corrected chi connectivity index (χ2v) is 27.2. The Morgan fingerprint density at radius 1 is 0.551 bits per heavy atom. The fraction of sp³-hybridized carbons (Fsp3) is 0.785. The molecule has 11 amide bonds. The minimum Gasteiger partial charge on any atom is -0.371 e. The Hall–Kier alpha value is -6.46. The highest BCUT2D eigenvalue weighted by atomic mass is 16.5. The first kappa shape index (κ1) is 80.6. The van der Waals surface area contributed by atoms with Gasteiger partial charge in [-0.2, -0.15) is 0 Å². The number of nitrogens with zero attached hydrogens (tertiary/aromatic N) is 7. The third-order valence-corrected chi connectivity index (χ3v) is 16.7. The molecule has 11 atom stereocenters. The number of amides is 11. The predicted molar refractivity (Wildman–Crippen MR) is 343 cm³/mol. The van der Waals surface area contributed by atoms with Gasteiger partial charge in [0.2, 0.25) is 59.1 Å². The molecule has 24 heteroatoms. The smallest absolute Gasteiger partial charge is 0.251 e. The topological polar surface area (TPSA) is 285 Å². The molecule has 0 saturated carbocycles. The first-order valence-corrected chi connectivity index (χ1v) is 31.9. The van der Waals surface area contributed by atoms with Crippen molar-refractivity contribution in [3.8, 4) is 0 Å². The summed E-state index contributed by atoms with van der Waals surface area (Å²) in [6.07, 6.45) is 3.54. The second kappa shape index (κ2) is 36.4. The molecule has 4 N–H and O–H groups in total. The van der Waals surface area contributed by atoms with E-state index in [0.29, 0.717) is 12.8 Å². The zero-order valence-electron chi connectivity index (χ0n) is 58.5. The van der Waals surface area contributed by atoms with E-state index in [-0.39, 0.29) is 56.5 Å². The molecule has 89 heavy (non-hydrogen) atoms. The van der Waals surface area contributed by atoms with E-state index in [9.17, 15) is 47.9 Å². The molecule has 0 radical (unpaired) electrons. The average molecular weight is 1260 g/mol. The zero-order chi connectivity index (χ0) is 69.0. The monoisotopic (exact) mass is 1260 g/mol. The van der Waals surface area contributed by atoms with Gasteiger partial charge in [0.05, 0.1) is 18.8 Å². The lowest BCUT2D eigenvalue weighted by atomic mass is 9.91. The normalized spacial score (nSPS) is 25.8. The van der Waals surface area contributed by atoms with Gasteiger partial charge in [-0.25, -0.2) is 0 Å². The van der Waals surface area contributed by atoms with Crippen LogP contribution in [0.5, 0.6) is 0 Å². The zero-order valence-corrected chi connectivity index (χ0v) is 58.5. The molecule has 0 unspecified atom stereocenters. The Morgan fingerprint density at radius 2 is 1.02 bits per heavy atom. The summed E-state index contributed by atoms with van der Waals surface area (Å²) < 4.78 is 6.03. The highest BCUT2D eigenvalue weighted by molar-refractivity contribution is 6.10. The van der Waals surface area contributed by atoms with Gasteiger partial charge in [-0.3, -0.25) is 57.5 Å². The van der Waals surface area contributed by atoms with Crippen molar-refractivity contribution in [2.45, 2.75) is 235 Å². The van der Waals surface area contributed by atoms with Crippen LogP contribution in [0.25, 0.3) is 0 Å². The van der Waals surface area contributed by atoms with Crippen LogP contribution in [0.4, 0.5) is 0 Å². The third kappa shape index (κ3) is 23.1. The van der Waals surface area contributed by atoms with Crippen molar-refractivity contribution in [2.24, 2.45) is 35.5 Å². The summed E-state index contributed by atoms with van der Waals surface area (Å²) in [5.41, 5.74) is -1.07. The van der Waals surface area contributed by atoms with E-state index in [1.54, 1.807) is 55.4 Å². The fourth-order valence-corrected chi connectivity index (χ4v) is 11.0. The van der Waals surface area contributed by atoms with E-state index >= 15 is 9.59 Å². The van der Waals surface area contributed by atoms with E-state index in [1.165, 1.54) is 88.9 Å². The van der Waals surface area contributed by atoms with Crippen LogP contribution in [0.3, 0.4) is 0 Å². The Labute approximate surface area is 532 Å². The number of ether oxygens (including phenoxy) is 1. The van der Waals surface area contributed by atoms with Crippen LogP contribution < -0.4 is 21.3 Å². The Kier molecular flexibility index (Phi) is 32.9. The van der Waals surface area contributed by atoms with Crippen molar-refractivity contribution < 1.29 is 62.3 Å². The lowest BCUT2D eigenvalue weighted by molar-refractivity contribution is -0.157. The summed E-state index contributed by atoms with van der Waals surface area (Å²) in [6.45, 7) is 32.7. The summed E-state index contributed by atoms with van der Waals surface area (Å²) in [5, 5.41) is 10.9. The van der Waals surface area contributed by atoms with Gasteiger partial charge in [0.1, 0.15) is 54.4 Å². The number of carbonyl (C=O) groups excluding carboxylic acids is 12. The van der Waals surface area contributed by atoms with Gasteiger partial charge in [-0.1, -0.05) is 109 Å². The fourth-order valence-electron chi connectivity index (χ4n) is 11.0. The van der Waals surface area contributed by atoms with Crippen molar-refractivity contribution in [3.05, 3.63) is 12.7 Å². The van der Waals surface area contributed by atoms with Crippen molar-refractivity contribution in [2.75, 3.05) is 62.5 Å². The van der Waals surface area contributed by atoms with Gasteiger partial charge in [0.25, 0.3) is 5.91 Å². The Bertz CT molecular complexity index is 2470. The minimum atomic E-state index is -1.79. The van der Waals surface area contributed by atoms with E-state index in [4.69, 9.17) is 4.74 Å². The van der Waals surface area contributed by atoms with Gasteiger partial charge in [0.15, 0.2) is 11.8 Å². The number of rotatable bonds is 19. The molecule has 24 nitrogen and oxygen atoms in total. The van der Waals surface area contributed by atoms with Gasteiger partial charge in [0, 0.05) is 61.7 Å². The molecule has 0 aromatic heterocycles. The van der Waals surface area contributed by atoms with Crippen LogP contribution in [-0.4, -0.2) is 234 Å². The molecule has 1 saturated heterocycles. The van der Waals surface area contributed by atoms with Crippen LogP contribution in [0.2, 0.25) is 0 Å². The molecule has 1 rings (SSSR count). The highest BCUT2D eigenvalue weighted by Crippen LogP contribution is 2.26. The Morgan fingerprint density at radius 3 is 1.49 bits per heavy atom. The Balaban J connectivity index is 4.40. The van der Waals surface area contributed by atoms with E-state index in [1.807, 2.05) is 48.5 Å². The molecule has 1 aliphatic rings. The van der Waals surface area contributed by atoms with Crippen molar-refractivity contribution in [3.63, 3.8) is 0 Å². The number of hydrogen-bond donors (Lipinski definition) is 4.